The summed E-state index contributed by atoms with van der Waals surface area (Å²) in [5.41, 5.74) is -1.64. The van der Waals surface area contributed by atoms with E-state index in [9.17, 15) is 22.8 Å². The van der Waals surface area contributed by atoms with Gasteiger partial charge in [0.2, 0.25) is 5.91 Å². The maximum absolute atomic E-state index is 12.8. The molecule has 1 rings (SSSR count). The van der Waals surface area contributed by atoms with Gasteiger partial charge in [0.15, 0.2) is 0 Å². The number of alkyl halides is 4. The van der Waals surface area contributed by atoms with Gasteiger partial charge in [-0.15, -0.1) is 11.6 Å². The standard InChI is InChI=1S/C11H9Cl2F3N2O2/c1-5(12)9(19)18-10(20)17-8-3-2-6(13)4-7(8)11(14,15)16/h2-5H,1H3,(H2,17,18,19,20). The lowest BCUT2D eigenvalue weighted by Gasteiger charge is -2.14. The second-order valence-electron chi connectivity index (χ2n) is 3.75. The molecule has 0 radical (unpaired) electrons. The van der Waals surface area contributed by atoms with Crippen LogP contribution in [0.25, 0.3) is 0 Å². The van der Waals surface area contributed by atoms with Gasteiger partial charge in [0.25, 0.3) is 0 Å². The van der Waals surface area contributed by atoms with Crippen LogP contribution < -0.4 is 10.6 Å². The minimum atomic E-state index is -4.70. The van der Waals surface area contributed by atoms with E-state index in [1.807, 2.05) is 5.32 Å². The molecule has 9 heteroatoms. The fourth-order valence-electron chi connectivity index (χ4n) is 1.22. The van der Waals surface area contributed by atoms with E-state index in [2.05, 4.69) is 0 Å². The van der Waals surface area contributed by atoms with Crippen LogP contribution in [0.15, 0.2) is 18.2 Å². The number of urea groups is 1. The van der Waals surface area contributed by atoms with Crippen molar-refractivity contribution in [3.63, 3.8) is 0 Å². The predicted molar refractivity (Wildman–Crippen MR) is 68.9 cm³/mol. The molecular weight excluding hydrogens is 320 g/mol. The number of carbonyl (C=O) groups is 2. The zero-order valence-corrected chi connectivity index (χ0v) is 11.5. The normalized spacial score (nSPS) is 12.7. The van der Waals surface area contributed by atoms with Gasteiger partial charge in [0.05, 0.1) is 11.3 Å². The number of rotatable bonds is 2. The molecule has 0 saturated carbocycles. The summed E-state index contributed by atoms with van der Waals surface area (Å²) in [6.07, 6.45) is -4.70. The molecule has 0 spiro atoms. The van der Waals surface area contributed by atoms with Gasteiger partial charge in [-0.25, -0.2) is 4.79 Å². The lowest BCUT2D eigenvalue weighted by Crippen LogP contribution is -2.38. The molecule has 1 aromatic carbocycles. The Hall–Kier alpha value is -1.47. The molecule has 0 fully saturated rings. The van der Waals surface area contributed by atoms with Crippen molar-refractivity contribution in [2.45, 2.75) is 18.5 Å². The first kappa shape index (κ1) is 16.6. The molecule has 2 N–H and O–H groups in total. The first-order valence-electron chi connectivity index (χ1n) is 5.24. The molecule has 0 aliphatic heterocycles. The van der Waals surface area contributed by atoms with E-state index < -0.39 is 34.7 Å². The minimum absolute atomic E-state index is 0.131. The van der Waals surface area contributed by atoms with Gasteiger partial charge in [0, 0.05) is 5.02 Å². The monoisotopic (exact) mass is 328 g/mol. The summed E-state index contributed by atoms with van der Waals surface area (Å²) >= 11 is 10.9. The topological polar surface area (TPSA) is 58.2 Å². The number of halogens is 5. The number of hydrogen-bond acceptors (Lipinski definition) is 2. The van der Waals surface area contributed by atoms with Crippen LogP contribution in [0.2, 0.25) is 5.02 Å². The highest BCUT2D eigenvalue weighted by molar-refractivity contribution is 6.32. The highest BCUT2D eigenvalue weighted by atomic mass is 35.5. The Morgan fingerprint density at radius 1 is 1.30 bits per heavy atom. The number of imide groups is 1. The van der Waals surface area contributed by atoms with Gasteiger partial charge >= 0.3 is 12.2 Å². The average molecular weight is 329 g/mol. The van der Waals surface area contributed by atoms with Gasteiger partial charge < -0.3 is 5.32 Å². The second-order valence-corrected chi connectivity index (χ2v) is 4.84. The maximum Gasteiger partial charge on any atom is 0.418 e. The summed E-state index contributed by atoms with van der Waals surface area (Å²) in [7, 11) is 0. The molecule has 110 valence electrons. The molecule has 0 aromatic heterocycles. The molecule has 0 aliphatic carbocycles. The van der Waals surface area contributed by atoms with Gasteiger partial charge in [-0.3, -0.25) is 10.1 Å². The van der Waals surface area contributed by atoms with Crippen LogP contribution >= 0.6 is 23.2 Å². The third-order valence-corrected chi connectivity index (χ3v) is 2.57. The van der Waals surface area contributed by atoms with Crippen molar-refractivity contribution in [1.82, 2.24) is 5.32 Å². The maximum atomic E-state index is 12.8. The summed E-state index contributed by atoms with van der Waals surface area (Å²) in [6.45, 7) is 1.31. The van der Waals surface area contributed by atoms with E-state index in [1.165, 1.54) is 13.0 Å². The molecule has 0 bridgehead atoms. The molecule has 0 aliphatic rings. The summed E-state index contributed by atoms with van der Waals surface area (Å²) in [5, 5.41) is 2.60. The van der Waals surface area contributed by atoms with E-state index >= 15 is 0 Å². The molecule has 1 unspecified atom stereocenters. The van der Waals surface area contributed by atoms with Crippen LogP contribution in [-0.2, 0) is 11.0 Å². The van der Waals surface area contributed by atoms with Crippen molar-refractivity contribution in [2.24, 2.45) is 0 Å². The number of anilines is 1. The van der Waals surface area contributed by atoms with Crippen LogP contribution in [0.1, 0.15) is 12.5 Å². The first-order valence-corrected chi connectivity index (χ1v) is 6.05. The SMILES string of the molecule is CC(Cl)C(=O)NC(=O)Nc1ccc(Cl)cc1C(F)(F)F. The van der Waals surface area contributed by atoms with Crippen molar-refractivity contribution in [2.75, 3.05) is 5.32 Å². The lowest BCUT2D eigenvalue weighted by atomic mass is 10.1. The molecule has 0 heterocycles. The Kier molecular flexibility index (Phi) is 5.24. The number of hydrogen-bond donors (Lipinski definition) is 2. The van der Waals surface area contributed by atoms with Crippen molar-refractivity contribution in [1.29, 1.82) is 0 Å². The zero-order chi connectivity index (χ0) is 15.5. The third kappa shape index (κ3) is 4.57. The van der Waals surface area contributed by atoms with Crippen LogP contribution in [-0.4, -0.2) is 17.3 Å². The van der Waals surface area contributed by atoms with Gasteiger partial charge in [0.1, 0.15) is 5.38 Å². The second kappa shape index (κ2) is 6.32. The first-order chi connectivity index (χ1) is 9.11. The van der Waals surface area contributed by atoms with Gasteiger partial charge in [-0.2, -0.15) is 13.2 Å². The Balaban J connectivity index is 2.93. The Morgan fingerprint density at radius 2 is 1.90 bits per heavy atom. The van der Waals surface area contributed by atoms with Crippen molar-refractivity contribution in [3.8, 4) is 0 Å². The third-order valence-electron chi connectivity index (χ3n) is 2.13. The van der Waals surface area contributed by atoms with Crippen LogP contribution in [0.5, 0.6) is 0 Å². The highest BCUT2D eigenvalue weighted by Gasteiger charge is 2.34. The van der Waals surface area contributed by atoms with Gasteiger partial charge in [-0.1, -0.05) is 11.6 Å². The van der Waals surface area contributed by atoms with E-state index in [0.717, 1.165) is 6.07 Å². The molecular formula is C11H9Cl2F3N2O2. The number of nitrogens with one attached hydrogen (secondary N) is 2. The average Bonchev–Trinajstić information content (AvgIpc) is 2.29. The Labute approximate surface area is 122 Å². The summed E-state index contributed by atoms with van der Waals surface area (Å²) in [4.78, 5) is 22.5. The van der Waals surface area contributed by atoms with Crippen molar-refractivity contribution < 1.29 is 22.8 Å². The predicted octanol–water partition coefficient (Wildman–Crippen LogP) is 3.63. The number of carbonyl (C=O) groups excluding carboxylic acids is 2. The molecule has 1 aromatic rings. The fourth-order valence-corrected chi connectivity index (χ4v) is 1.45. The molecule has 3 amide bonds. The summed E-state index contributed by atoms with van der Waals surface area (Å²) < 4.78 is 38.3. The van der Waals surface area contributed by atoms with Crippen LogP contribution in [0, 0.1) is 0 Å². The Bertz CT molecular complexity index is 533. The van der Waals surface area contributed by atoms with Crippen LogP contribution in [0.4, 0.5) is 23.7 Å². The highest BCUT2D eigenvalue weighted by Crippen LogP contribution is 2.36. The number of amides is 3. The van der Waals surface area contributed by atoms with Crippen molar-refractivity contribution >= 4 is 40.8 Å². The zero-order valence-electron chi connectivity index (χ0n) is 10.0. The molecule has 4 nitrogen and oxygen atoms in total. The Morgan fingerprint density at radius 3 is 2.40 bits per heavy atom. The summed E-state index contributed by atoms with van der Waals surface area (Å²) in [6, 6.07) is 1.72. The smallest absolute Gasteiger partial charge is 0.307 e. The van der Waals surface area contributed by atoms with E-state index in [-0.39, 0.29) is 5.02 Å². The molecule has 20 heavy (non-hydrogen) atoms. The quantitative estimate of drug-likeness (QED) is 0.814. The minimum Gasteiger partial charge on any atom is -0.307 e. The van der Waals surface area contributed by atoms with E-state index in [4.69, 9.17) is 23.2 Å². The fraction of sp³-hybridized carbons (Fsp3) is 0.273. The summed E-state index contributed by atoms with van der Waals surface area (Å²) in [5.74, 6) is -0.827. The van der Waals surface area contributed by atoms with Gasteiger partial charge in [-0.05, 0) is 25.1 Å². The molecule has 0 saturated heterocycles. The number of benzene rings is 1. The molecule has 1 atom stereocenters. The largest absolute Gasteiger partial charge is 0.418 e. The van der Waals surface area contributed by atoms with Crippen LogP contribution in [0.3, 0.4) is 0 Å². The lowest BCUT2D eigenvalue weighted by molar-refractivity contribution is -0.136. The van der Waals surface area contributed by atoms with E-state index in [1.54, 1.807) is 5.32 Å². The van der Waals surface area contributed by atoms with E-state index in [0.29, 0.717) is 6.07 Å². The van der Waals surface area contributed by atoms with Crippen molar-refractivity contribution in [3.05, 3.63) is 28.8 Å².